The zero-order chi connectivity index (χ0) is 37.9. The Balaban J connectivity index is 1.05. The fourth-order valence-corrected chi connectivity index (χ4v) is 13.9. The minimum Gasteiger partial charge on any atom is -0.459 e. The van der Waals surface area contributed by atoms with Crippen molar-refractivity contribution in [3.8, 4) is 0 Å². The normalized spacial score (nSPS) is 45.5. The molecular formula is C41H59N5O7. The topological polar surface area (TPSA) is 173 Å². The van der Waals surface area contributed by atoms with Gasteiger partial charge in [0.15, 0.2) is 6.23 Å². The van der Waals surface area contributed by atoms with Gasteiger partial charge in [-0.05, 0) is 111 Å². The van der Waals surface area contributed by atoms with Crippen LogP contribution in [0.5, 0.6) is 0 Å². The van der Waals surface area contributed by atoms with Gasteiger partial charge < -0.3 is 29.9 Å². The Hall–Kier alpha value is -2.77. The molecule has 0 unspecified atom stereocenters. The van der Waals surface area contributed by atoms with Crippen LogP contribution < -0.4 is 0 Å². The van der Waals surface area contributed by atoms with Crippen molar-refractivity contribution >= 4 is 5.97 Å². The first-order valence-corrected chi connectivity index (χ1v) is 19.9. The molecule has 2 aromatic heterocycles. The number of rotatable bonds is 6. The molecule has 1 saturated heterocycles. The first kappa shape index (κ1) is 37.2. The van der Waals surface area contributed by atoms with Crippen molar-refractivity contribution in [1.29, 1.82) is 0 Å². The molecule has 8 rings (SSSR count). The number of nitrogens with zero attached hydrogens (tertiary/aromatic N) is 5. The van der Waals surface area contributed by atoms with Crippen LogP contribution >= 0.6 is 0 Å². The molecule has 290 valence electrons. The molecule has 1 aliphatic heterocycles. The van der Waals surface area contributed by atoms with Crippen LogP contribution in [0.15, 0.2) is 30.7 Å². The van der Waals surface area contributed by atoms with E-state index >= 15 is 0 Å². The Morgan fingerprint density at radius 3 is 2.43 bits per heavy atom. The first-order valence-electron chi connectivity index (χ1n) is 19.9. The highest BCUT2D eigenvalue weighted by Gasteiger charge is 2.72. The quantitative estimate of drug-likeness (QED) is 0.244. The fourth-order valence-electron chi connectivity index (χ4n) is 13.9. The number of aliphatic hydroxyl groups is 4. The van der Waals surface area contributed by atoms with E-state index < -0.39 is 42.7 Å². The number of allylic oxidation sites excluding steroid dienone is 1. The zero-order valence-electron chi connectivity index (χ0n) is 32.2. The lowest BCUT2D eigenvalue weighted by Gasteiger charge is -2.72. The maximum Gasteiger partial charge on any atom is 0.312 e. The monoisotopic (exact) mass is 733 g/mol. The van der Waals surface area contributed by atoms with Gasteiger partial charge in [0.05, 0.1) is 29.6 Å². The lowest BCUT2D eigenvalue weighted by Crippen LogP contribution is -2.67. The summed E-state index contributed by atoms with van der Waals surface area (Å²) in [4.78, 5) is 24.4. The predicted octanol–water partition coefficient (Wildman–Crippen LogP) is 4.46. The number of carbonyl (C=O) groups excluding carboxylic acids is 1. The number of ether oxygens (including phenoxy) is 2. The van der Waals surface area contributed by atoms with Gasteiger partial charge in [-0.25, -0.2) is 4.68 Å². The summed E-state index contributed by atoms with van der Waals surface area (Å²) in [6, 6.07) is 0. The second-order valence-corrected chi connectivity index (χ2v) is 19.1. The van der Waals surface area contributed by atoms with E-state index in [9.17, 15) is 25.2 Å². The molecule has 2 aromatic rings. The Kier molecular flexibility index (Phi) is 8.86. The smallest absolute Gasteiger partial charge is 0.312 e. The van der Waals surface area contributed by atoms with E-state index in [0.29, 0.717) is 23.4 Å². The second kappa shape index (κ2) is 12.6. The Labute approximate surface area is 312 Å². The van der Waals surface area contributed by atoms with Crippen molar-refractivity contribution in [2.24, 2.45) is 51.2 Å². The molecule has 12 heteroatoms. The summed E-state index contributed by atoms with van der Waals surface area (Å²) in [6.45, 7) is 18.5. The van der Waals surface area contributed by atoms with Crippen molar-refractivity contribution < 1.29 is 34.7 Å². The van der Waals surface area contributed by atoms with Gasteiger partial charge in [0.2, 0.25) is 0 Å². The number of esters is 1. The average molecular weight is 734 g/mol. The van der Waals surface area contributed by atoms with Gasteiger partial charge in [0.25, 0.3) is 0 Å². The molecule has 3 heterocycles. The van der Waals surface area contributed by atoms with Gasteiger partial charge >= 0.3 is 5.97 Å². The van der Waals surface area contributed by atoms with E-state index in [2.05, 4.69) is 58.4 Å². The Morgan fingerprint density at radius 2 is 1.70 bits per heavy atom. The molecule has 4 N–H and O–H groups in total. The van der Waals surface area contributed by atoms with Crippen molar-refractivity contribution in [1.82, 2.24) is 25.0 Å². The number of hydrogen-bond acceptors (Lipinski definition) is 11. The second-order valence-electron chi connectivity index (χ2n) is 19.1. The molecule has 5 fully saturated rings. The number of hydrogen-bond donors (Lipinski definition) is 4. The van der Waals surface area contributed by atoms with Crippen LogP contribution in [0.1, 0.15) is 116 Å². The van der Waals surface area contributed by atoms with Crippen LogP contribution in [-0.4, -0.2) is 82.4 Å². The van der Waals surface area contributed by atoms with Crippen molar-refractivity contribution in [3.63, 3.8) is 0 Å². The van der Waals surface area contributed by atoms with Crippen LogP contribution in [0, 0.1) is 51.2 Å². The molecule has 0 aromatic carbocycles. The third-order valence-corrected chi connectivity index (χ3v) is 16.6. The Morgan fingerprint density at radius 1 is 0.943 bits per heavy atom. The predicted molar refractivity (Wildman–Crippen MR) is 194 cm³/mol. The number of aromatic nitrogens is 5. The largest absolute Gasteiger partial charge is 0.459 e. The molecule has 5 aliphatic carbocycles. The highest BCUT2D eigenvalue weighted by atomic mass is 16.6. The molecule has 0 radical (unpaired) electrons. The number of carbonyl (C=O) groups is 1. The van der Waals surface area contributed by atoms with E-state index in [-0.39, 0.29) is 46.1 Å². The van der Waals surface area contributed by atoms with E-state index in [1.165, 1.54) is 35.1 Å². The molecule has 4 saturated carbocycles. The fraction of sp³-hybridized carbons (Fsp3) is 0.780. The summed E-state index contributed by atoms with van der Waals surface area (Å²) in [5.41, 5.74) is 3.50. The van der Waals surface area contributed by atoms with Gasteiger partial charge in [0.1, 0.15) is 36.7 Å². The molecule has 0 spiro atoms. The van der Waals surface area contributed by atoms with Gasteiger partial charge in [0, 0.05) is 17.8 Å². The van der Waals surface area contributed by atoms with E-state index in [4.69, 9.17) is 19.4 Å². The highest BCUT2D eigenvalue weighted by molar-refractivity contribution is 5.78. The lowest BCUT2D eigenvalue weighted by molar-refractivity contribution is -0.254. The molecule has 0 bridgehead atoms. The van der Waals surface area contributed by atoms with Crippen LogP contribution in [0.4, 0.5) is 0 Å². The summed E-state index contributed by atoms with van der Waals surface area (Å²) in [6.07, 6.45) is 7.48. The van der Waals surface area contributed by atoms with E-state index in [0.717, 1.165) is 50.5 Å². The SMILES string of the molecule is C=C(C)[C@@H]1CC[C@]2(C(=O)OCc3cn([C@H]4O[C@H](CO)[C@@H](O)[C@H](O)[C@H]4O)nn3)CC[C@]3(C)[C@H](CC[C@@H]4[C@@]5(C)Cc6nccnc6C(C)(C)[C@@H]5CC[C@]43C)[C@@H]12. The first-order chi connectivity index (χ1) is 25.0. The van der Waals surface area contributed by atoms with Crippen LogP contribution in [0.25, 0.3) is 0 Å². The molecular weight excluding hydrogens is 674 g/mol. The lowest BCUT2D eigenvalue weighted by atomic mass is 9.32. The van der Waals surface area contributed by atoms with Crippen molar-refractivity contribution in [3.05, 3.63) is 47.8 Å². The summed E-state index contributed by atoms with van der Waals surface area (Å²) in [5, 5.41) is 48.9. The van der Waals surface area contributed by atoms with Gasteiger partial charge in [-0.2, -0.15) is 0 Å². The van der Waals surface area contributed by atoms with Crippen LogP contribution in [-0.2, 0) is 32.7 Å². The van der Waals surface area contributed by atoms with Crippen LogP contribution in [0.2, 0.25) is 0 Å². The molecule has 14 atom stereocenters. The highest BCUT2D eigenvalue weighted by Crippen LogP contribution is 2.77. The number of fused-ring (bicyclic) bond motifs is 8. The average Bonchev–Trinajstić information content (AvgIpc) is 3.76. The van der Waals surface area contributed by atoms with E-state index in [1.807, 2.05) is 12.4 Å². The van der Waals surface area contributed by atoms with Crippen LogP contribution in [0.3, 0.4) is 0 Å². The molecule has 0 amide bonds. The zero-order valence-corrected chi connectivity index (χ0v) is 32.2. The minimum atomic E-state index is -1.54. The maximum atomic E-state index is 14.6. The summed E-state index contributed by atoms with van der Waals surface area (Å²) >= 11 is 0. The maximum absolute atomic E-state index is 14.6. The Bertz CT molecular complexity index is 1760. The third-order valence-electron chi connectivity index (χ3n) is 16.6. The van der Waals surface area contributed by atoms with Crippen molar-refractivity contribution in [2.45, 2.75) is 142 Å². The standard InChI is InChI=1S/C41H59N5O7/c1-22(2)24-10-13-41(36(51)52-21-23-19-46(45-44-23)35-33(50)32(49)31(48)27(20-47)53-35)15-14-39(6)25(30(24)41)8-9-29-38(5)18-26-34(43-17-16-42-26)37(3,4)28(38)11-12-40(29,39)7/h16-17,19,24-25,27-33,35,47-50H,1,8-15,18,20-21H2,2-7H3/t24-,25+,27+,28-,29+,30+,31+,32-,33+,35-,38-,39+,40+,41-/m0/s1. The molecule has 12 nitrogen and oxygen atoms in total. The molecule has 53 heavy (non-hydrogen) atoms. The van der Waals surface area contributed by atoms with Gasteiger partial charge in [-0.15, -0.1) is 5.10 Å². The minimum absolute atomic E-state index is 0.0438. The number of aliphatic hydroxyl groups excluding tert-OH is 4. The van der Waals surface area contributed by atoms with Gasteiger partial charge in [-0.1, -0.05) is 52.0 Å². The van der Waals surface area contributed by atoms with E-state index in [1.54, 1.807) is 0 Å². The summed E-state index contributed by atoms with van der Waals surface area (Å²) < 4.78 is 13.0. The third kappa shape index (κ3) is 5.14. The van der Waals surface area contributed by atoms with Crippen molar-refractivity contribution in [2.75, 3.05) is 6.61 Å². The molecule has 6 aliphatic rings. The summed E-state index contributed by atoms with van der Waals surface area (Å²) in [5.74, 6) is 1.66. The summed E-state index contributed by atoms with van der Waals surface area (Å²) in [7, 11) is 0. The van der Waals surface area contributed by atoms with Gasteiger partial charge in [-0.3, -0.25) is 14.8 Å².